The fourth-order valence-electron chi connectivity index (χ4n) is 1.53. The van der Waals surface area contributed by atoms with Gasteiger partial charge in [-0.2, -0.15) is 0 Å². The first-order valence-electron chi connectivity index (χ1n) is 5.05. The van der Waals surface area contributed by atoms with Gasteiger partial charge in [0.15, 0.2) is 0 Å². The smallest absolute Gasteiger partial charge is 0.0270 e. The van der Waals surface area contributed by atoms with Crippen molar-refractivity contribution in [2.45, 2.75) is 13.0 Å². The molecule has 76 valence electrons. The first-order valence-corrected chi connectivity index (χ1v) is 5.05. The number of nitrogens with two attached hydrogens (primary N) is 1. The van der Waals surface area contributed by atoms with Gasteiger partial charge in [-0.15, -0.1) is 0 Å². The Kier molecular flexibility index (Phi) is 3.10. The Bertz CT molecular complexity index is 406. The molecule has 2 aromatic rings. The molecule has 0 aliphatic carbocycles. The molecule has 0 fully saturated rings. The van der Waals surface area contributed by atoms with Crippen molar-refractivity contribution < 1.29 is 0 Å². The highest BCUT2D eigenvalue weighted by atomic mass is 14.6. The molecule has 2 heteroatoms. The molecule has 2 rings (SSSR count). The number of pyridine rings is 1. The minimum Gasteiger partial charge on any atom is -0.326 e. The van der Waals surface area contributed by atoms with Crippen LogP contribution in [0.2, 0.25) is 0 Å². The van der Waals surface area contributed by atoms with Gasteiger partial charge in [-0.1, -0.05) is 24.3 Å². The van der Waals surface area contributed by atoms with E-state index in [1.54, 1.807) is 0 Å². The Morgan fingerprint density at radius 3 is 1.93 bits per heavy atom. The van der Waals surface area contributed by atoms with Crippen LogP contribution >= 0.6 is 0 Å². The Morgan fingerprint density at radius 2 is 1.33 bits per heavy atom. The summed E-state index contributed by atoms with van der Waals surface area (Å²) >= 11 is 0. The molecule has 0 saturated heterocycles. The summed E-state index contributed by atoms with van der Waals surface area (Å²) in [7, 11) is 0. The minimum absolute atomic E-state index is 0.607. The molecule has 0 atom stereocenters. The summed E-state index contributed by atoms with van der Waals surface area (Å²) in [6.45, 7) is 0.607. The molecule has 0 radical (unpaired) electrons. The van der Waals surface area contributed by atoms with Crippen molar-refractivity contribution in [1.82, 2.24) is 4.98 Å². The number of hydrogen-bond donors (Lipinski definition) is 1. The molecule has 0 bridgehead atoms. The zero-order valence-corrected chi connectivity index (χ0v) is 8.56. The molecule has 0 aliphatic heterocycles. The fourth-order valence-corrected chi connectivity index (χ4v) is 1.53. The van der Waals surface area contributed by atoms with Crippen LogP contribution in [0, 0.1) is 0 Å². The lowest BCUT2D eigenvalue weighted by Gasteiger charge is -2.02. The molecule has 2 nitrogen and oxygen atoms in total. The maximum absolute atomic E-state index is 5.54. The van der Waals surface area contributed by atoms with Crippen LogP contribution in [0.15, 0.2) is 48.8 Å². The summed E-state index contributed by atoms with van der Waals surface area (Å²) in [5.41, 5.74) is 9.31. The molecule has 0 aliphatic rings. The van der Waals surface area contributed by atoms with Crippen molar-refractivity contribution in [2.75, 3.05) is 0 Å². The first kappa shape index (κ1) is 9.87. The second kappa shape index (κ2) is 4.71. The van der Waals surface area contributed by atoms with Crippen LogP contribution in [0.1, 0.15) is 16.7 Å². The van der Waals surface area contributed by atoms with Crippen LogP contribution in [0.5, 0.6) is 0 Å². The van der Waals surface area contributed by atoms with Gasteiger partial charge in [0.2, 0.25) is 0 Å². The summed E-state index contributed by atoms with van der Waals surface area (Å²) in [6, 6.07) is 12.5. The number of aromatic nitrogens is 1. The molecule has 0 saturated carbocycles. The molecule has 0 spiro atoms. The molecular formula is C13H14N2. The van der Waals surface area contributed by atoms with Crippen molar-refractivity contribution in [3.63, 3.8) is 0 Å². The van der Waals surface area contributed by atoms with Gasteiger partial charge >= 0.3 is 0 Å². The lowest BCUT2D eigenvalue weighted by molar-refractivity contribution is 1.06. The minimum atomic E-state index is 0.607. The highest BCUT2D eigenvalue weighted by Gasteiger charge is 1.95. The van der Waals surface area contributed by atoms with Crippen molar-refractivity contribution in [2.24, 2.45) is 5.73 Å². The van der Waals surface area contributed by atoms with Gasteiger partial charge in [-0.3, -0.25) is 4.98 Å². The Hall–Kier alpha value is -1.67. The Labute approximate surface area is 89.8 Å². The number of rotatable bonds is 3. The van der Waals surface area contributed by atoms with E-state index < -0.39 is 0 Å². The largest absolute Gasteiger partial charge is 0.326 e. The van der Waals surface area contributed by atoms with E-state index in [0.717, 1.165) is 6.42 Å². The quantitative estimate of drug-likeness (QED) is 0.820. The van der Waals surface area contributed by atoms with E-state index in [2.05, 4.69) is 29.2 Å². The average Bonchev–Trinajstić information content (AvgIpc) is 2.31. The van der Waals surface area contributed by atoms with Crippen molar-refractivity contribution in [1.29, 1.82) is 0 Å². The molecular weight excluding hydrogens is 184 g/mol. The van der Waals surface area contributed by atoms with Gasteiger partial charge in [0, 0.05) is 18.9 Å². The molecule has 1 aromatic heterocycles. The predicted octanol–water partition coefficient (Wildman–Crippen LogP) is 2.13. The van der Waals surface area contributed by atoms with E-state index in [0.29, 0.717) is 6.54 Å². The highest BCUT2D eigenvalue weighted by Crippen LogP contribution is 2.09. The van der Waals surface area contributed by atoms with Gasteiger partial charge in [0.05, 0.1) is 0 Å². The summed E-state index contributed by atoms with van der Waals surface area (Å²) in [6.07, 6.45) is 4.60. The summed E-state index contributed by atoms with van der Waals surface area (Å²) in [4.78, 5) is 4.00. The Balaban J connectivity index is 2.11. The summed E-state index contributed by atoms with van der Waals surface area (Å²) in [5, 5.41) is 0. The van der Waals surface area contributed by atoms with Gasteiger partial charge in [0.1, 0.15) is 0 Å². The normalized spacial score (nSPS) is 10.2. The molecule has 1 heterocycles. The van der Waals surface area contributed by atoms with Crippen LogP contribution in [0.3, 0.4) is 0 Å². The van der Waals surface area contributed by atoms with Crippen molar-refractivity contribution in [3.05, 3.63) is 65.5 Å². The predicted molar refractivity (Wildman–Crippen MR) is 61.4 cm³/mol. The SMILES string of the molecule is NCc1ccc(Cc2ccncc2)cc1. The van der Waals surface area contributed by atoms with Gasteiger partial charge < -0.3 is 5.73 Å². The zero-order chi connectivity index (χ0) is 10.5. The number of benzene rings is 1. The summed E-state index contributed by atoms with van der Waals surface area (Å²) in [5.74, 6) is 0. The maximum Gasteiger partial charge on any atom is 0.0270 e. The maximum atomic E-state index is 5.54. The van der Waals surface area contributed by atoms with Crippen LogP contribution in [0.25, 0.3) is 0 Å². The lowest BCUT2D eigenvalue weighted by atomic mass is 10.0. The topological polar surface area (TPSA) is 38.9 Å². The van der Waals surface area contributed by atoms with Gasteiger partial charge in [-0.25, -0.2) is 0 Å². The van der Waals surface area contributed by atoms with E-state index >= 15 is 0 Å². The van der Waals surface area contributed by atoms with Gasteiger partial charge in [-0.05, 0) is 35.2 Å². The van der Waals surface area contributed by atoms with Crippen LogP contribution < -0.4 is 5.73 Å². The second-order valence-corrected chi connectivity index (χ2v) is 3.55. The van der Waals surface area contributed by atoms with Crippen LogP contribution in [-0.2, 0) is 13.0 Å². The average molecular weight is 198 g/mol. The first-order chi connectivity index (χ1) is 7.38. The molecule has 1 aromatic carbocycles. The van der Waals surface area contributed by atoms with E-state index in [1.165, 1.54) is 16.7 Å². The zero-order valence-electron chi connectivity index (χ0n) is 8.56. The van der Waals surface area contributed by atoms with E-state index in [1.807, 2.05) is 24.5 Å². The van der Waals surface area contributed by atoms with E-state index in [9.17, 15) is 0 Å². The standard InChI is InChI=1S/C13H14N2/c14-10-13-3-1-11(2-4-13)9-12-5-7-15-8-6-12/h1-8H,9-10,14H2. The van der Waals surface area contributed by atoms with E-state index in [4.69, 9.17) is 5.73 Å². The van der Waals surface area contributed by atoms with Crippen molar-refractivity contribution in [3.8, 4) is 0 Å². The lowest BCUT2D eigenvalue weighted by Crippen LogP contribution is -1.96. The molecule has 15 heavy (non-hydrogen) atoms. The van der Waals surface area contributed by atoms with Crippen LogP contribution in [0.4, 0.5) is 0 Å². The van der Waals surface area contributed by atoms with Crippen LogP contribution in [-0.4, -0.2) is 4.98 Å². The van der Waals surface area contributed by atoms with E-state index in [-0.39, 0.29) is 0 Å². The second-order valence-electron chi connectivity index (χ2n) is 3.55. The molecule has 2 N–H and O–H groups in total. The molecule has 0 amide bonds. The number of hydrogen-bond acceptors (Lipinski definition) is 2. The van der Waals surface area contributed by atoms with Gasteiger partial charge in [0.25, 0.3) is 0 Å². The fraction of sp³-hybridized carbons (Fsp3) is 0.154. The highest BCUT2D eigenvalue weighted by molar-refractivity contribution is 5.27. The third-order valence-corrected chi connectivity index (χ3v) is 2.42. The third kappa shape index (κ3) is 2.64. The monoisotopic (exact) mass is 198 g/mol. The summed E-state index contributed by atoms with van der Waals surface area (Å²) < 4.78 is 0. The molecule has 0 unspecified atom stereocenters. The third-order valence-electron chi connectivity index (χ3n) is 2.42. The number of nitrogens with zero attached hydrogens (tertiary/aromatic N) is 1. The van der Waals surface area contributed by atoms with Crippen molar-refractivity contribution >= 4 is 0 Å². The Morgan fingerprint density at radius 1 is 0.800 bits per heavy atom.